The summed E-state index contributed by atoms with van der Waals surface area (Å²) in [6, 6.07) is 15.9. The SMILES string of the molecule is CCOC(=O)C1=C(C)N=c2s/c(=C\c3cc(Cl)ccc3OCc3ccccc3Cl)c(=O)n2[C@H]1c1cccs1. The van der Waals surface area contributed by atoms with E-state index in [1.165, 1.54) is 22.7 Å². The first-order valence-corrected chi connectivity index (χ1v) is 14.2. The summed E-state index contributed by atoms with van der Waals surface area (Å²) in [5.74, 6) is 0.0740. The van der Waals surface area contributed by atoms with Crippen LogP contribution in [0.5, 0.6) is 5.75 Å². The summed E-state index contributed by atoms with van der Waals surface area (Å²) < 4.78 is 13.4. The Bertz CT molecular complexity index is 1720. The fourth-order valence-corrected chi connectivity index (χ4v) is 6.42. The number of hydrogen-bond donors (Lipinski definition) is 0. The molecule has 0 bridgehead atoms. The largest absolute Gasteiger partial charge is 0.488 e. The van der Waals surface area contributed by atoms with E-state index in [1.807, 2.05) is 35.7 Å². The topological polar surface area (TPSA) is 69.9 Å². The van der Waals surface area contributed by atoms with E-state index >= 15 is 0 Å². The molecule has 5 rings (SSSR count). The molecule has 0 spiro atoms. The van der Waals surface area contributed by atoms with Gasteiger partial charge in [0, 0.05) is 26.0 Å². The molecule has 0 fully saturated rings. The van der Waals surface area contributed by atoms with Crippen LogP contribution < -0.4 is 19.6 Å². The van der Waals surface area contributed by atoms with Gasteiger partial charge in [0.15, 0.2) is 4.80 Å². The normalized spacial score (nSPS) is 15.3. The Labute approximate surface area is 236 Å². The average Bonchev–Trinajstić information content (AvgIpc) is 3.52. The summed E-state index contributed by atoms with van der Waals surface area (Å²) in [7, 11) is 0. The molecule has 2 aromatic carbocycles. The van der Waals surface area contributed by atoms with Gasteiger partial charge in [0.05, 0.1) is 22.4 Å². The van der Waals surface area contributed by atoms with E-state index in [-0.39, 0.29) is 18.8 Å². The lowest BCUT2D eigenvalue weighted by atomic mass is 10.0. The highest BCUT2D eigenvalue weighted by molar-refractivity contribution is 7.10. The number of ether oxygens (including phenoxy) is 2. The first-order chi connectivity index (χ1) is 18.4. The minimum atomic E-state index is -0.622. The summed E-state index contributed by atoms with van der Waals surface area (Å²) >= 11 is 15.3. The highest BCUT2D eigenvalue weighted by atomic mass is 35.5. The highest BCUT2D eigenvalue weighted by Gasteiger charge is 2.33. The second-order valence-electron chi connectivity index (χ2n) is 8.38. The predicted octanol–water partition coefficient (Wildman–Crippen LogP) is 5.75. The van der Waals surface area contributed by atoms with Gasteiger partial charge in [0.25, 0.3) is 5.56 Å². The third kappa shape index (κ3) is 5.22. The molecule has 1 aliphatic heterocycles. The Morgan fingerprint density at radius 3 is 2.71 bits per heavy atom. The van der Waals surface area contributed by atoms with Crippen molar-refractivity contribution < 1.29 is 14.3 Å². The molecule has 38 heavy (non-hydrogen) atoms. The van der Waals surface area contributed by atoms with Gasteiger partial charge < -0.3 is 9.47 Å². The van der Waals surface area contributed by atoms with E-state index in [1.54, 1.807) is 48.8 Å². The summed E-state index contributed by atoms with van der Waals surface area (Å²) in [6.45, 7) is 3.99. The number of carbonyl (C=O) groups excluding carboxylic acids is 1. The van der Waals surface area contributed by atoms with Crippen LogP contribution in [0.25, 0.3) is 6.08 Å². The molecular weight excluding hydrogens is 563 g/mol. The lowest BCUT2D eigenvalue weighted by Gasteiger charge is -2.23. The smallest absolute Gasteiger partial charge is 0.338 e. The number of nitrogens with zero attached hydrogens (tertiary/aromatic N) is 2. The van der Waals surface area contributed by atoms with Crippen LogP contribution in [0.15, 0.2) is 81.0 Å². The minimum Gasteiger partial charge on any atom is -0.488 e. The molecule has 10 heteroatoms. The number of carbonyl (C=O) groups is 1. The Kier molecular flexibility index (Phi) is 7.85. The molecule has 0 N–H and O–H groups in total. The van der Waals surface area contributed by atoms with E-state index < -0.39 is 12.0 Å². The van der Waals surface area contributed by atoms with Gasteiger partial charge in [-0.1, -0.05) is 58.8 Å². The zero-order valence-corrected chi connectivity index (χ0v) is 23.6. The lowest BCUT2D eigenvalue weighted by molar-refractivity contribution is -0.139. The molecule has 0 saturated heterocycles. The average molecular weight is 586 g/mol. The maximum atomic E-state index is 13.8. The number of aromatic nitrogens is 1. The van der Waals surface area contributed by atoms with Crippen LogP contribution in [0.2, 0.25) is 10.0 Å². The fourth-order valence-electron chi connectivity index (χ4n) is 4.18. The van der Waals surface area contributed by atoms with Crippen molar-refractivity contribution in [3.8, 4) is 5.75 Å². The highest BCUT2D eigenvalue weighted by Crippen LogP contribution is 2.33. The summed E-state index contributed by atoms with van der Waals surface area (Å²) in [4.78, 5) is 32.7. The number of halogens is 2. The van der Waals surface area contributed by atoms with Gasteiger partial charge in [-0.25, -0.2) is 9.79 Å². The number of thiophene rings is 1. The first kappa shape index (κ1) is 26.4. The lowest BCUT2D eigenvalue weighted by Crippen LogP contribution is -2.39. The van der Waals surface area contributed by atoms with E-state index in [9.17, 15) is 9.59 Å². The number of allylic oxidation sites excluding steroid dienone is 1. The molecule has 0 aliphatic carbocycles. The van der Waals surface area contributed by atoms with Gasteiger partial charge in [-0.15, -0.1) is 11.3 Å². The van der Waals surface area contributed by atoms with Gasteiger partial charge in [-0.3, -0.25) is 9.36 Å². The van der Waals surface area contributed by atoms with Gasteiger partial charge in [0.1, 0.15) is 18.4 Å². The molecule has 6 nitrogen and oxygen atoms in total. The molecule has 1 aliphatic rings. The fraction of sp³-hybridized carbons (Fsp3) is 0.179. The van der Waals surface area contributed by atoms with Crippen LogP contribution in [0.3, 0.4) is 0 Å². The molecule has 2 aromatic heterocycles. The second kappa shape index (κ2) is 11.3. The third-order valence-electron chi connectivity index (χ3n) is 5.93. The molecule has 4 aromatic rings. The summed E-state index contributed by atoms with van der Waals surface area (Å²) in [5, 5.41) is 3.03. The number of hydrogen-bond acceptors (Lipinski definition) is 7. The van der Waals surface area contributed by atoms with E-state index in [0.29, 0.717) is 42.0 Å². The van der Waals surface area contributed by atoms with E-state index in [4.69, 9.17) is 32.7 Å². The second-order valence-corrected chi connectivity index (χ2v) is 11.2. The number of thiazole rings is 1. The van der Waals surface area contributed by atoms with Gasteiger partial charge >= 0.3 is 5.97 Å². The molecule has 1 atom stereocenters. The first-order valence-electron chi connectivity index (χ1n) is 11.8. The van der Waals surface area contributed by atoms with Crippen molar-refractivity contribution in [2.75, 3.05) is 6.61 Å². The van der Waals surface area contributed by atoms with Crippen LogP contribution in [0.4, 0.5) is 0 Å². The van der Waals surface area contributed by atoms with Crippen molar-refractivity contribution in [3.05, 3.63) is 117 Å². The van der Waals surface area contributed by atoms with Crippen molar-refractivity contribution >= 4 is 57.9 Å². The molecule has 0 amide bonds. The summed E-state index contributed by atoms with van der Waals surface area (Å²) in [6.07, 6.45) is 1.74. The summed E-state index contributed by atoms with van der Waals surface area (Å²) in [5.41, 5.74) is 2.11. The maximum Gasteiger partial charge on any atom is 0.338 e. The molecule has 0 saturated carbocycles. The van der Waals surface area contributed by atoms with Gasteiger partial charge in [-0.2, -0.15) is 0 Å². The van der Waals surface area contributed by atoms with Crippen molar-refractivity contribution in [3.63, 3.8) is 0 Å². The molecule has 3 heterocycles. The molecule has 0 radical (unpaired) electrons. The van der Waals surface area contributed by atoms with Crippen molar-refractivity contribution in [1.29, 1.82) is 0 Å². The number of esters is 1. The van der Waals surface area contributed by atoms with Crippen molar-refractivity contribution in [2.45, 2.75) is 26.5 Å². The number of benzene rings is 2. The predicted molar refractivity (Wildman–Crippen MR) is 152 cm³/mol. The molecule has 194 valence electrons. The number of rotatable bonds is 7. The quantitative estimate of drug-likeness (QED) is 0.259. The Morgan fingerprint density at radius 2 is 1.97 bits per heavy atom. The van der Waals surface area contributed by atoms with Crippen LogP contribution in [-0.4, -0.2) is 17.1 Å². The Hall–Kier alpha value is -3.17. The molecular formula is C28H22Cl2N2O4S2. The standard InChI is InChI=1S/C28H22Cl2N2O4S2/c1-3-35-27(34)24-16(2)31-28-32(25(24)22-9-6-12-37-22)26(33)23(38-28)14-18-13-19(29)10-11-21(18)36-15-17-7-4-5-8-20(17)30/h4-14,25H,3,15H2,1-2H3/b23-14-/t25-/m0/s1. The Morgan fingerprint density at radius 1 is 1.16 bits per heavy atom. The van der Waals surface area contributed by atoms with Crippen molar-refractivity contribution in [1.82, 2.24) is 4.57 Å². The Balaban J connectivity index is 1.60. The van der Waals surface area contributed by atoms with Crippen LogP contribution >= 0.6 is 45.9 Å². The monoisotopic (exact) mass is 584 g/mol. The minimum absolute atomic E-state index is 0.225. The maximum absolute atomic E-state index is 13.8. The zero-order valence-electron chi connectivity index (χ0n) is 20.4. The van der Waals surface area contributed by atoms with Gasteiger partial charge in [-0.05, 0) is 55.6 Å². The number of fused-ring (bicyclic) bond motifs is 1. The van der Waals surface area contributed by atoms with E-state index in [2.05, 4.69) is 4.99 Å². The third-order valence-corrected chi connectivity index (χ3v) is 8.44. The van der Waals surface area contributed by atoms with Crippen molar-refractivity contribution in [2.24, 2.45) is 4.99 Å². The van der Waals surface area contributed by atoms with Gasteiger partial charge in [0.2, 0.25) is 0 Å². The van der Waals surface area contributed by atoms with Crippen LogP contribution in [-0.2, 0) is 16.1 Å². The van der Waals surface area contributed by atoms with Crippen LogP contribution in [0.1, 0.15) is 35.9 Å². The molecule has 0 unspecified atom stereocenters. The zero-order chi connectivity index (χ0) is 26.8. The van der Waals surface area contributed by atoms with Crippen LogP contribution in [0, 0.1) is 0 Å². The van der Waals surface area contributed by atoms with E-state index in [0.717, 1.165) is 10.4 Å².